The number of halogens is 6. The number of aromatic carboxylic acids is 1. The second-order valence-corrected chi connectivity index (χ2v) is 12.4. The smallest absolute Gasteiger partial charge is 0.430 e. The number of aliphatic carboxylic acids is 2. The molecule has 2 aliphatic rings. The van der Waals surface area contributed by atoms with Crippen molar-refractivity contribution in [3.63, 3.8) is 0 Å². The van der Waals surface area contributed by atoms with Crippen LogP contribution in [0.3, 0.4) is 0 Å². The zero-order valence-corrected chi connectivity index (χ0v) is 27.2. The molecule has 10 nitrogen and oxygen atoms in total. The van der Waals surface area contributed by atoms with E-state index < -0.39 is 30.3 Å². The van der Waals surface area contributed by atoms with Crippen molar-refractivity contribution < 1.29 is 70.6 Å². The number of alkyl halides is 6. The Hall–Kier alpha value is -4.31. The van der Waals surface area contributed by atoms with Crippen LogP contribution in [0.15, 0.2) is 42.5 Å². The number of para-hydroxylation sites is 1. The summed E-state index contributed by atoms with van der Waals surface area (Å²) in [7, 11) is 6.65. The summed E-state index contributed by atoms with van der Waals surface area (Å²) in [6.07, 6.45) is -4.20. The van der Waals surface area contributed by atoms with Crippen LogP contribution >= 0.6 is 0 Å². The van der Waals surface area contributed by atoms with Gasteiger partial charge in [0.15, 0.2) is 0 Å². The molecule has 5 rings (SSSR count). The summed E-state index contributed by atoms with van der Waals surface area (Å²) in [5.74, 6) is -5.46. The van der Waals surface area contributed by atoms with Crippen LogP contribution in [0.5, 0.6) is 5.75 Å². The summed E-state index contributed by atoms with van der Waals surface area (Å²) in [4.78, 5) is 32.4. The number of hydrogen-bond acceptors (Lipinski definition) is 6. The highest BCUT2D eigenvalue weighted by Crippen LogP contribution is 2.46. The SMILES string of the molecule is C[NH+](C)CC[NH+](C)[C@@H]1COc2ccccc2-c2c(C3CCCCC3)c3ccc(C(=O)O)cc3n2C1.O=C([O-])C(F)(F)F.O=C([O-])C(F)(F)F. The number of hydrogen-bond donors (Lipinski definition) is 3. The Kier molecular flexibility index (Phi) is 13.1. The molecule has 0 spiro atoms. The van der Waals surface area contributed by atoms with Crippen molar-refractivity contribution in [1.29, 1.82) is 0 Å². The number of likely N-dealkylation sites (N-methyl/N-ethyl adjacent to an activating group) is 2. The van der Waals surface area contributed by atoms with E-state index in [1.807, 2.05) is 6.07 Å². The van der Waals surface area contributed by atoms with Crippen LogP contribution in [-0.4, -0.2) is 86.8 Å². The molecule has 1 fully saturated rings. The summed E-state index contributed by atoms with van der Waals surface area (Å²) in [5, 5.41) is 28.6. The number of carboxylic acid groups (broad SMARTS) is 3. The molecule has 0 amide bonds. The van der Waals surface area contributed by atoms with E-state index in [4.69, 9.17) is 24.5 Å². The molecule has 0 saturated heterocycles. The lowest BCUT2D eigenvalue weighted by Crippen LogP contribution is -3.19. The van der Waals surface area contributed by atoms with Crippen molar-refractivity contribution in [2.45, 2.75) is 63.0 Å². The predicted octanol–water partition coefficient (Wildman–Crippen LogP) is 1.07. The summed E-state index contributed by atoms with van der Waals surface area (Å²) in [6, 6.07) is 14.4. The third kappa shape index (κ3) is 10.3. The molecule has 2 aromatic carbocycles. The maximum Gasteiger partial charge on any atom is 0.430 e. The molecule has 3 aromatic rings. The van der Waals surface area contributed by atoms with Crippen LogP contribution in [0.1, 0.15) is 53.9 Å². The summed E-state index contributed by atoms with van der Waals surface area (Å²) >= 11 is 0. The number of carbonyl (C=O) groups excluding carboxylic acids is 2. The first-order valence-corrected chi connectivity index (χ1v) is 15.6. The maximum atomic E-state index is 11.9. The topological polar surface area (TPSA) is 141 Å². The van der Waals surface area contributed by atoms with Gasteiger partial charge < -0.3 is 44.0 Å². The molecule has 1 aromatic heterocycles. The van der Waals surface area contributed by atoms with E-state index in [-0.39, 0.29) is 6.04 Å². The standard InChI is InChI=1S/C29H37N3O3.2C2HF3O2/c1-30(2)15-16-31(3)22-18-32-25-17-21(29(33)34)13-14-23(25)27(20-9-5-4-6-10-20)28(32)24-11-7-8-12-26(24)35-19-22;2*3-2(4,5)1(6)7/h7-8,11-14,17,20,22H,4-6,9-10,15-16,18-19H2,1-3H3,(H,33,34);2*(H,6,7)/t22-;;/m0../s1. The number of benzene rings is 2. The second-order valence-electron chi connectivity index (χ2n) is 12.4. The maximum absolute atomic E-state index is 11.9. The van der Waals surface area contributed by atoms with Gasteiger partial charge >= 0.3 is 18.3 Å². The average Bonchev–Trinajstić information content (AvgIpc) is 3.33. The molecule has 1 saturated carbocycles. The van der Waals surface area contributed by atoms with E-state index in [9.17, 15) is 36.2 Å². The largest absolute Gasteiger partial charge is 0.542 e. The van der Waals surface area contributed by atoms with Crippen LogP contribution in [0.25, 0.3) is 22.2 Å². The van der Waals surface area contributed by atoms with Crippen molar-refractivity contribution in [3.05, 3.63) is 53.6 Å². The van der Waals surface area contributed by atoms with Gasteiger partial charge in [-0.1, -0.05) is 37.5 Å². The van der Waals surface area contributed by atoms with E-state index in [0.717, 1.165) is 36.5 Å². The van der Waals surface area contributed by atoms with Crippen molar-refractivity contribution in [2.24, 2.45) is 0 Å². The molecular weight excluding hydrogens is 664 g/mol. The normalized spacial score (nSPS) is 17.1. The van der Waals surface area contributed by atoms with Gasteiger partial charge in [0.25, 0.3) is 0 Å². The fraction of sp³-hybridized carbons (Fsp3) is 0.485. The molecule has 1 aliphatic carbocycles. The lowest BCUT2D eigenvalue weighted by molar-refractivity contribution is -0.945. The van der Waals surface area contributed by atoms with Gasteiger partial charge in [-0.15, -0.1) is 0 Å². The first kappa shape index (κ1) is 39.1. The number of nitrogens with one attached hydrogen (secondary N) is 2. The fourth-order valence-corrected chi connectivity index (χ4v) is 5.99. The van der Waals surface area contributed by atoms with Gasteiger partial charge in [0.2, 0.25) is 0 Å². The van der Waals surface area contributed by atoms with Gasteiger partial charge in [0.1, 0.15) is 43.4 Å². The van der Waals surface area contributed by atoms with E-state index in [1.165, 1.54) is 58.5 Å². The second kappa shape index (κ2) is 16.4. The zero-order valence-electron chi connectivity index (χ0n) is 27.2. The Morgan fingerprint density at radius 1 is 0.898 bits per heavy atom. The van der Waals surface area contributed by atoms with Crippen molar-refractivity contribution >= 4 is 28.8 Å². The van der Waals surface area contributed by atoms with Crippen LogP contribution in [-0.2, 0) is 16.1 Å². The molecule has 1 unspecified atom stereocenters. The van der Waals surface area contributed by atoms with Crippen molar-refractivity contribution in [3.8, 4) is 17.0 Å². The van der Waals surface area contributed by atoms with E-state index >= 15 is 0 Å². The molecule has 270 valence electrons. The lowest BCUT2D eigenvalue weighted by atomic mass is 9.81. The minimum atomic E-state index is -5.19. The average molecular weight is 704 g/mol. The van der Waals surface area contributed by atoms with Gasteiger partial charge in [-0.05, 0) is 48.6 Å². The van der Waals surface area contributed by atoms with Gasteiger partial charge in [-0.2, -0.15) is 26.3 Å². The van der Waals surface area contributed by atoms with Crippen molar-refractivity contribution in [1.82, 2.24) is 4.57 Å². The van der Waals surface area contributed by atoms with E-state index in [2.05, 4.69) is 56.0 Å². The molecule has 0 radical (unpaired) electrons. The quantitative estimate of drug-likeness (QED) is 0.327. The number of fused-ring (bicyclic) bond motifs is 5. The Morgan fingerprint density at radius 3 is 2.00 bits per heavy atom. The number of carboxylic acids is 3. The number of rotatable bonds is 6. The summed E-state index contributed by atoms with van der Waals surface area (Å²) in [6.45, 7) is 3.60. The third-order valence-electron chi connectivity index (χ3n) is 8.53. The van der Waals surface area contributed by atoms with Gasteiger partial charge in [-0.3, -0.25) is 0 Å². The zero-order chi connectivity index (χ0) is 36.7. The molecule has 3 N–H and O–H groups in total. The number of nitrogens with zero attached hydrogens (tertiary/aromatic N) is 1. The van der Waals surface area contributed by atoms with Crippen LogP contribution in [0, 0.1) is 0 Å². The molecule has 2 atom stereocenters. The van der Waals surface area contributed by atoms with Gasteiger partial charge in [0, 0.05) is 16.5 Å². The molecular formula is C33H39F6N3O7. The molecule has 49 heavy (non-hydrogen) atoms. The lowest BCUT2D eigenvalue weighted by Gasteiger charge is -2.30. The fourth-order valence-electron chi connectivity index (χ4n) is 5.99. The highest BCUT2D eigenvalue weighted by molar-refractivity contribution is 5.98. The summed E-state index contributed by atoms with van der Waals surface area (Å²) in [5.41, 5.74) is 5.17. The van der Waals surface area contributed by atoms with Crippen LogP contribution in [0.4, 0.5) is 26.3 Å². The first-order chi connectivity index (χ1) is 22.8. The van der Waals surface area contributed by atoms with Gasteiger partial charge in [0.05, 0.1) is 38.9 Å². The monoisotopic (exact) mass is 703 g/mol. The molecule has 16 heteroatoms. The number of ether oxygens (including phenoxy) is 1. The van der Waals surface area contributed by atoms with Crippen LogP contribution < -0.4 is 24.7 Å². The Bertz CT molecular complexity index is 1590. The highest BCUT2D eigenvalue weighted by Gasteiger charge is 2.33. The minimum absolute atomic E-state index is 0.268. The van der Waals surface area contributed by atoms with Crippen molar-refractivity contribution in [2.75, 3.05) is 40.8 Å². The Morgan fingerprint density at radius 2 is 1.47 bits per heavy atom. The Balaban J connectivity index is 0.000000392. The minimum Gasteiger partial charge on any atom is -0.542 e. The third-order valence-corrected chi connectivity index (χ3v) is 8.53. The predicted molar refractivity (Wildman–Crippen MR) is 161 cm³/mol. The summed E-state index contributed by atoms with van der Waals surface area (Å²) < 4.78 is 72.0. The Labute approximate surface area is 278 Å². The molecule has 0 bridgehead atoms. The van der Waals surface area contributed by atoms with E-state index in [0.29, 0.717) is 18.1 Å². The van der Waals surface area contributed by atoms with Crippen LogP contribution in [0.2, 0.25) is 0 Å². The number of carbonyl (C=O) groups is 3. The molecule has 1 aliphatic heterocycles. The highest BCUT2D eigenvalue weighted by atomic mass is 19.4. The first-order valence-electron chi connectivity index (χ1n) is 15.6. The number of quaternary nitrogens is 2. The van der Waals surface area contributed by atoms with Gasteiger partial charge in [-0.25, -0.2) is 4.79 Å². The molecule has 2 heterocycles. The number of aromatic nitrogens is 1. The van der Waals surface area contributed by atoms with E-state index in [1.54, 1.807) is 6.07 Å².